The van der Waals surface area contributed by atoms with Crippen LogP contribution in [-0.2, 0) is 16.7 Å². The molecule has 3 rings (SSSR count). The molecule has 0 aliphatic rings. The Bertz CT molecular complexity index is 1290. The zero-order valence-corrected chi connectivity index (χ0v) is 19.4. The molecule has 8 heteroatoms. The normalized spacial score (nSPS) is 12.0. The fourth-order valence-electron chi connectivity index (χ4n) is 3.56. The van der Waals surface area contributed by atoms with Crippen molar-refractivity contribution >= 4 is 38.9 Å². The molecule has 0 atom stereocenters. The Morgan fingerprint density at radius 2 is 1.78 bits per heavy atom. The first kappa shape index (κ1) is 23.7. The van der Waals surface area contributed by atoms with Gasteiger partial charge in [-0.05, 0) is 38.1 Å². The zero-order valence-electron chi connectivity index (χ0n) is 18.6. The molecular weight excluding hydrogens is 428 g/mol. The lowest BCUT2D eigenvalue weighted by Gasteiger charge is -2.20. The van der Waals surface area contributed by atoms with E-state index in [0.29, 0.717) is 12.1 Å². The number of unbranched alkanes of at least 4 members (excludes halogenated alkanes) is 1. The van der Waals surface area contributed by atoms with Gasteiger partial charge < -0.3 is 9.32 Å². The monoisotopic (exact) mass is 457 g/mol. The summed E-state index contributed by atoms with van der Waals surface area (Å²) in [6.45, 7) is 8.51. The van der Waals surface area contributed by atoms with Gasteiger partial charge in [0.15, 0.2) is 17.3 Å². The molecule has 0 saturated heterocycles. The van der Waals surface area contributed by atoms with Gasteiger partial charge in [-0.2, -0.15) is 8.42 Å². The summed E-state index contributed by atoms with van der Waals surface area (Å²) < 4.78 is 40.7. The van der Waals surface area contributed by atoms with Crippen LogP contribution in [0.1, 0.15) is 44.7 Å². The van der Waals surface area contributed by atoms with Crippen LogP contribution in [0, 0.1) is 0 Å². The summed E-state index contributed by atoms with van der Waals surface area (Å²) in [4.78, 5) is 14.5. The van der Waals surface area contributed by atoms with E-state index in [9.17, 15) is 17.8 Å². The first-order valence-corrected chi connectivity index (χ1v) is 12.2. The van der Waals surface area contributed by atoms with Gasteiger partial charge >= 0.3 is 15.7 Å². The van der Waals surface area contributed by atoms with Gasteiger partial charge in [0.05, 0.1) is 5.56 Å². The van der Waals surface area contributed by atoms with E-state index in [0.717, 1.165) is 37.0 Å². The molecule has 0 bridgehead atoms. The molecular formula is C24H29N2O5S+. The average Bonchev–Trinajstić information content (AvgIpc) is 2.76. The van der Waals surface area contributed by atoms with Crippen LogP contribution < -0.4 is 15.1 Å². The average molecular weight is 458 g/mol. The summed E-state index contributed by atoms with van der Waals surface area (Å²) in [5.74, 6) is 0. The maximum atomic E-state index is 12.5. The molecule has 2 heterocycles. The minimum absolute atomic E-state index is 0.207. The Morgan fingerprint density at radius 1 is 1.06 bits per heavy atom. The molecule has 32 heavy (non-hydrogen) atoms. The minimum Gasteiger partial charge on any atom is -0.422 e. The van der Waals surface area contributed by atoms with Crippen LogP contribution in [0.25, 0.3) is 23.1 Å². The van der Waals surface area contributed by atoms with E-state index in [1.165, 1.54) is 18.3 Å². The van der Waals surface area contributed by atoms with Crippen LogP contribution in [-0.4, -0.2) is 26.1 Å². The maximum absolute atomic E-state index is 12.5. The van der Waals surface area contributed by atoms with Gasteiger partial charge in [-0.25, -0.2) is 9.36 Å². The van der Waals surface area contributed by atoms with E-state index in [1.807, 2.05) is 25.1 Å². The fourth-order valence-corrected chi connectivity index (χ4v) is 4.26. The maximum Gasteiger partial charge on any atom is 0.343 e. The number of aryl methyl sites for hydroxylation is 1. The number of nitrogens with zero attached hydrogens (tertiary/aromatic N) is 2. The number of aromatic nitrogens is 1. The molecule has 1 aromatic carbocycles. The summed E-state index contributed by atoms with van der Waals surface area (Å²) in [7, 11) is -4.43. The van der Waals surface area contributed by atoms with Gasteiger partial charge in [0.25, 0.3) is 0 Å². The highest BCUT2D eigenvalue weighted by molar-refractivity contribution is 7.85. The van der Waals surface area contributed by atoms with Crippen LogP contribution in [0.3, 0.4) is 0 Å². The number of pyridine rings is 1. The van der Waals surface area contributed by atoms with Crippen LogP contribution in [0.4, 0.5) is 5.69 Å². The fraction of sp³-hybridized carbons (Fsp3) is 0.333. The predicted octanol–water partition coefficient (Wildman–Crippen LogP) is 4.14. The molecule has 0 fully saturated rings. The third-order valence-corrected chi connectivity index (χ3v) is 6.28. The molecule has 0 aliphatic heterocycles. The first-order chi connectivity index (χ1) is 15.3. The summed E-state index contributed by atoms with van der Waals surface area (Å²) in [6.07, 6.45) is 8.01. The van der Waals surface area contributed by atoms with Crippen LogP contribution >= 0.6 is 0 Å². The number of hydrogen-bond acceptors (Lipinski definition) is 5. The second kappa shape index (κ2) is 10.1. The van der Waals surface area contributed by atoms with Crippen molar-refractivity contribution in [3.05, 3.63) is 64.3 Å². The number of rotatable bonds is 9. The highest BCUT2D eigenvalue weighted by Crippen LogP contribution is 2.23. The molecule has 2 aromatic heterocycles. The van der Waals surface area contributed by atoms with E-state index in [1.54, 1.807) is 22.9 Å². The van der Waals surface area contributed by atoms with Crippen molar-refractivity contribution in [3.8, 4) is 0 Å². The lowest BCUT2D eigenvalue weighted by atomic mass is 10.1. The standard InChI is InChI=1S/C24H28N2O5S/c1-4-7-13-25-14-12-18(23(17-25)32(28,29)30)8-9-20-15-19-10-11-21(26(5-2)6-3)16-22(19)31-24(20)27/h8-12,14-17H,4-7,13H2,1-3H3/p+1. The first-order valence-electron chi connectivity index (χ1n) is 10.8. The Hall–Kier alpha value is -2.97. The number of hydrogen-bond donors (Lipinski definition) is 1. The Kier molecular flexibility index (Phi) is 7.48. The van der Waals surface area contributed by atoms with E-state index in [2.05, 4.69) is 18.7 Å². The van der Waals surface area contributed by atoms with Crippen LogP contribution in [0.2, 0.25) is 0 Å². The molecule has 0 radical (unpaired) electrons. The van der Waals surface area contributed by atoms with Gasteiger partial charge in [0.1, 0.15) is 12.1 Å². The van der Waals surface area contributed by atoms with E-state index < -0.39 is 15.7 Å². The summed E-state index contributed by atoms with van der Waals surface area (Å²) in [5, 5.41) is 0.764. The third kappa shape index (κ3) is 5.44. The molecule has 0 aliphatic carbocycles. The molecule has 0 saturated carbocycles. The van der Waals surface area contributed by atoms with E-state index >= 15 is 0 Å². The van der Waals surface area contributed by atoms with Crippen molar-refractivity contribution in [2.75, 3.05) is 18.0 Å². The highest BCUT2D eigenvalue weighted by Gasteiger charge is 2.19. The Balaban J connectivity index is 1.98. The van der Waals surface area contributed by atoms with Gasteiger partial charge in [0, 0.05) is 48.3 Å². The van der Waals surface area contributed by atoms with Crippen molar-refractivity contribution in [1.82, 2.24) is 0 Å². The molecule has 7 nitrogen and oxygen atoms in total. The largest absolute Gasteiger partial charge is 0.422 e. The molecule has 3 aromatic rings. The van der Waals surface area contributed by atoms with E-state index in [-0.39, 0.29) is 16.0 Å². The summed E-state index contributed by atoms with van der Waals surface area (Å²) in [5.41, 5.74) is 1.53. The third-order valence-electron chi connectivity index (χ3n) is 5.38. The number of fused-ring (bicyclic) bond motifs is 1. The Labute approximate surface area is 188 Å². The van der Waals surface area contributed by atoms with Crippen LogP contribution in [0.15, 0.2) is 56.8 Å². The Morgan fingerprint density at radius 3 is 2.44 bits per heavy atom. The quantitative estimate of drug-likeness (QED) is 0.295. The molecule has 1 N–H and O–H groups in total. The highest BCUT2D eigenvalue weighted by atomic mass is 32.2. The van der Waals surface area contributed by atoms with Crippen LogP contribution in [0.5, 0.6) is 0 Å². The molecule has 0 amide bonds. The topological polar surface area (TPSA) is 91.7 Å². The van der Waals surface area contributed by atoms with Crippen molar-refractivity contribution in [1.29, 1.82) is 0 Å². The summed E-state index contributed by atoms with van der Waals surface area (Å²) >= 11 is 0. The van der Waals surface area contributed by atoms with Gasteiger partial charge in [-0.15, -0.1) is 0 Å². The SMILES string of the molecule is CCCC[n+]1ccc(/C=C/c2cc3ccc(N(CC)CC)cc3oc2=O)c(S(=O)(=O)O)c1. The second-order valence-corrected chi connectivity index (χ2v) is 8.94. The van der Waals surface area contributed by atoms with Gasteiger partial charge in [-0.1, -0.05) is 19.4 Å². The lowest BCUT2D eigenvalue weighted by Crippen LogP contribution is -2.34. The van der Waals surface area contributed by atoms with Crippen molar-refractivity contribution in [3.63, 3.8) is 0 Å². The predicted molar refractivity (Wildman–Crippen MR) is 126 cm³/mol. The van der Waals surface area contributed by atoms with Gasteiger partial charge in [-0.3, -0.25) is 4.55 Å². The minimum atomic E-state index is -4.43. The number of benzene rings is 1. The van der Waals surface area contributed by atoms with Crippen molar-refractivity contribution in [2.45, 2.75) is 45.1 Å². The zero-order chi connectivity index (χ0) is 23.3. The van der Waals surface area contributed by atoms with Gasteiger partial charge in [0.2, 0.25) is 0 Å². The lowest BCUT2D eigenvalue weighted by molar-refractivity contribution is -0.699. The smallest absolute Gasteiger partial charge is 0.343 e. The summed E-state index contributed by atoms with van der Waals surface area (Å²) in [6, 6.07) is 9.03. The second-order valence-electron chi connectivity index (χ2n) is 7.55. The van der Waals surface area contributed by atoms with Crippen molar-refractivity contribution in [2.24, 2.45) is 0 Å². The number of anilines is 1. The van der Waals surface area contributed by atoms with Crippen molar-refractivity contribution < 1.29 is 22.0 Å². The molecule has 0 spiro atoms. The van der Waals surface area contributed by atoms with E-state index in [4.69, 9.17) is 4.42 Å². The molecule has 170 valence electrons. The molecule has 0 unspecified atom stereocenters.